The van der Waals surface area contributed by atoms with E-state index in [0.717, 1.165) is 22.1 Å². The van der Waals surface area contributed by atoms with Gasteiger partial charge in [0.05, 0.1) is 24.7 Å². The van der Waals surface area contributed by atoms with Crippen LogP contribution < -0.4 is 9.64 Å². The Morgan fingerprint density at radius 3 is 2.34 bits per heavy atom. The minimum atomic E-state index is -0.400. The van der Waals surface area contributed by atoms with Crippen molar-refractivity contribution in [2.75, 3.05) is 38.4 Å². The maximum atomic E-state index is 11.0. The first-order valence-electron chi connectivity index (χ1n) is 9.06. The van der Waals surface area contributed by atoms with Crippen LogP contribution in [0.4, 0.5) is 22.1 Å². The van der Waals surface area contributed by atoms with Crippen LogP contribution in [0, 0.1) is 10.1 Å². The number of nitro groups is 1. The summed E-state index contributed by atoms with van der Waals surface area (Å²) < 4.78 is 16.1. The molecule has 0 aliphatic heterocycles. The number of methoxy groups -OCH3 is 1. The molecule has 2 aromatic carbocycles. The van der Waals surface area contributed by atoms with Gasteiger partial charge in [-0.15, -0.1) is 11.3 Å². The molecule has 1 aromatic heterocycles. The molecule has 0 aliphatic rings. The van der Waals surface area contributed by atoms with E-state index in [0.29, 0.717) is 26.4 Å². The maximum absolute atomic E-state index is 11.0. The number of non-ortho nitro benzene ring substituents is 1. The Bertz CT molecular complexity index is 899. The van der Waals surface area contributed by atoms with Gasteiger partial charge in [0, 0.05) is 42.1 Å². The Morgan fingerprint density at radius 1 is 0.966 bits per heavy atom. The fraction of sp³-hybridized carbons (Fsp3) is 0.238. The van der Waals surface area contributed by atoms with Gasteiger partial charge in [0.25, 0.3) is 5.69 Å². The number of thiophene rings is 1. The minimum absolute atomic E-state index is 0.0606. The molecule has 0 unspecified atom stereocenters. The molecule has 0 atom stereocenters. The number of ether oxygens (including phenoxy) is 3. The largest absolute Gasteiger partial charge is 0.490 e. The maximum Gasteiger partial charge on any atom is 0.269 e. The normalized spacial score (nSPS) is 10.7. The molecular weight excluding hydrogens is 392 g/mol. The summed E-state index contributed by atoms with van der Waals surface area (Å²) in [7, 11) is 1.64. The molecule has 1 heterocycles. The van der Waals surface area contributed by atoms with E-state index < -0.39 is 4.92 Å². The van der Waals surface area contributed by atoms with Crippen molar-refractivity contribution in [3.05, 3.63) is 76.2 Å². The van der Waals surface area contributed by atoms with Crippen molar-refractivity contribution in [1.82, 2.24) is 0 Å². The predicted molar refractivity (Wildman–Crippen MR) is 114 cm³/mol. The molecule has 0 saturated heterocycles. The van der Waals surface area contributed by atoms with Crippen LogP contribution in [0.1, 0.15) is 0 Å². The Hall–Kier alpha value is -2.94. The number of benzene rings is 2. The van der Waals surface area contributed by atoms with Crippen molar-refractivity contribution >= 4 is 33.4 Å². The third-order valence-electron chi connectivity index (χ3n) is 4.04. The Morgan fingerprint density at radius 2 is 1.66 bits per heavy atom. The minimum Gasteiger partial charge on any atom is -0.490 e. The lowest BCUT2D eigenvalue weighted by molar-refractivity contribution is -0.384. The van der Waals surface area contributed by atoms with Gasteiger partial charge in [-0.05, 0) is 24.3 Å². The van der Waals surface area contributed by atoms with Gasteiger partial charge in [-0.2, -0.15) is 0 Å². The van der Waals surface area contributed by atoms with Gasteiger partial charge in [-0.3, -0.25) is 10.1 Å². The molecule has 7 nitrogen and oxygen atoms in total. The van der Waals surface area contributed by atoms with E-state index in [9.17, 15) is 10.1 Å². The number of nitrogens with zero attached hydrogens (tertiary/aromatic N) is 2. The summed E-state index contributed by atoms with van der Waals surface area (Å²) in [5.41, 5.74) is 1.85. The van der Waals surface area contributed by atoms with Gasteiger partial charge >= 0.3 is 0 Å². The van der Waals surface area contributed by atoms with E-state index in [1.165, 1.54) is 23.5 Å². The standard InChI is InChI=1S/C21H22N2O5S/c1-26-11-12-27-13-14-28-20-15-21(29-16-20)22(17-5-3-2-4-6-17)18-7-9-19(10-8-18)23(24)25/h2-10,15-16H,11-14H2,1H3. The van der Waals surface area contributed by atoms with Crippen LogP contribution in [0.5, 0.6) is 5.75 Å². The fourth-order valence-electron chi connectivity index (χ4n) is 2.67. The van der Waals surface area contributed by atoms with E-state index in [1.54, 1.807) is 19.2 Å². The number of para-hydroxylation sites is 1. The average molecular weight is 414 g/mol. The third kappa shape index (κ3) is 5.77. The molecule has 0 radical (unpaired) electrons. The highest BCUT2D eigenvalue weighted by molar-refractivity contribution is 7.14. The monoisotopic (exact) mass is 414 g/mol. The molecule has 3 rings (SSSR count). The zero-order valence-corrected chi connectivity index (χ0v) is 16.8. The first-order chi connectivity index (χ1) is 14.2. The molecule has 0 bridgehead atoms. The van der Waals surface area contributed by atoms with E-state index in [2.05, 4.69) is 0 Å². The van der Waals surface area contributed by atoms with E-state index in [1.807, 2.05) is 46.7 Å². The summed E-state index contributed by atoms with van der Waals surface area (Å²) in [6.07, 6.45) is 0. The smallest absolute Gasteiger partial charge is 0.269 e. The van der Waals surface area contributed by atoms with Crippen molar-refractivity contribution in [1.29, 1.82) is 0 Å². The molecular formula is C21H22N2O5S. The third-order valence-corrected chi connectivity index (χ3v) is 4.94. The molecule has 0 fully saturated rings. The van der Waals surface area contributed by atoms with Crippen LogP contribution in [0.25, 0.3) is 0 Å². The van der Waals surface area contributed by atoms with Crippen molar-refractivity contribution < 1.29 is 19.1 Å². The second-order valence-electron chi connectivity index (χ2n) is 6.02. The van der Waals surface area contributed by atoms with Gasteiger partial charge in [0.1, 0.15) is 17.4 Å². The average Bonchev–Trinajstić information content (AvgIpc) is 3.20. The molecule has 3 aromatic rings. The van der Waals surface area contributed by atoms with Crippen LogP contribution in [0.15, 0.2) is 66.0 Å². The number of hydrogen-bond donors (Lipinski definition) is 0. The summed E-state index contributed by atoms with van der Waals surface area (Å²) in [5.74, 6) is 0.753. The van der Waals surface area contributed by atoms with Crippen LogP contribution in [-0.4, -0.2) is 38.5 Å². The van der Waals surface area contributed by atoms with Crippen molar-refractivity contribution in [2.45, 2.75) is 0 Å². The highest BCUT2D eigenvalue weighted by Gasteiger charge is 2.16. The van der Waals surface area contributed by atoms with E-state index >= 15 is 0 Å². The summed E-state index contributed by atoms with van der Waals surface area (Å²) in [4.78, 5) is 12.6. The molecule has 152 valence electrons. The molecule has 0 amide bonds. The van der Waals surface area contributed by atoms with E-state index in [-0.39, 0.29) is 5.69 Å². The van der Waals surface area contributed by atoms with Gasteiger partial charge in [-0.25, -0.2) is 0 Å². The highest BCUT2D eigenvalue weighted by Crippen LogP contribution is 2.40. The first-order valence-corrected chi connectivity index (χ1v) is 9.94. The van der Waals surface area contributed by atoms with Gasteiger partial charge in [-0.1, -0.05) is 18.2 Å². The summed E-state index contributed by atoms with van der Waals surface area (Å²) in [6.45, 7) is 2.03. The Labute approximate surface area is 173 Å². The van der Waals surface area contributed by atoms with Crippen LogP contribution in [0.2, 0.25) is 0 Å². The molecule has 0 N–H and O–H groups in total. The number of rotatable bonds is 11. The number of nitro benzene ring substituents is 1. The van der Waals surface area contributed by atoms with Gasteiger partial charge < -0.3 is 19.1 Å². The van der Waals surface area contributed by atoms with Gasteiger partial charge in [0.2, 0.25) is 0 Å². The predicted octanol–water partition coefficient (Wildman–Crippen LogP) is 5.17. The molecule has 0 saturated carbocycles. The quantitative estimate of drug-likeness (QED) is 0.245. The van der Waals surface area contributed by atoms with Crippen LogP contribution in [0.3, 0.4) is 0 Å². The fourth-order valence-corrected chi connectivity index (χ4v) is 3.54. The lowest BCUT2D eigenvalue weighted by atomic mass is 10.2. The van der Waals surface area contributed by atoms with Crippen molar-refractivity contribution in [3.8, 4) is 5.75 Å². The molecule has 8 heteroatoms. The SMILES string of the molecule is COCCOCCOc1csc(N(c2ccccc2)c2ccc([N+](=O)[O-])cc2)c1. The van der Waals surface area contributed by atoms with Gasteiger partial charge in [0.15, 0.2) is 0 Å². The Balaban J connectivity index is 1.75. The van der Waals surface area contributed by atoms with Crippen LogP contribution >= 0.6 is 11.3 Å². The molecule has 0 aliphatic carbocycles. The lowest BCUT2D eigenvalue weighted by Gasteiger charge is -2.23. The molecule has 0 spiro atoms. The molecule has 29 heavy (non-hydrogen) atoms. The summed E-state index contributed by atoms with van der Waals surface area (Å²) >= 11 is 1.54. The lowest BCUT2D eigenvalue weighted by Crippen LogP contribution is -2.10. The van der Waals surface area contributed by atoms with Crippen molar-refractivity contribution in [3.63, 3.8) is 0 Å². The summed E-state index contributed by atoms with van der Waals surface area (Å²) in [5, 5.41) is 13.9. The summed E-state index contributed by atoms with van der Waals surface area (Å²) in [6, 6.07) is 18.3. The first kappa shape index (κ1) is 20.8. The zero-order chi connectivity index (χ0) is 20.5. The Kier molecular flexibility index (Phi) is 7.57. The van der Waals surface area contributed by atoms with Crippen LogP contribution in [-0.2, 0) is 9.47 Å². The second-order valence-corrected chi connectivity index (χ2v) is 6.91. The van der Waals surface area contributed by atoms with Crippen molar-refractivity contribution in [2.24, 2.45) is 0 Å². The number of anilines is 3. The topological polar surface area (TPSA) is 74.1 Å². The van der Waals surface area contributed by atoms with E-state index in [4.69, 9.17) is 14.2 Å². The second kappa shape index (κ2) is 10.6. The highest BCUT2D eigenvalue weighted by atomic mass is 32.1. The number of hydrogen-bond acceptors (Lipinski definition) is 7. The zero-order valence-electron chi connectivity index (χ0n) is 16.0.